The van der Waals surface area contributed by atoms with E-state index in [2.05, 4.69) is 45.0 Å². The molecule has 140 valence electrons. The quantitative estimate of drug-likeness (QED) is 0.594. The van der Waals surface area contributed by atoms with Gasteiger partial charge in [0, 0.05) is 6.07 Å². The molecule has 0 aliphatic carbocycles. The monoisotopic (exact) mass is 380 g/mol. The molecule has 0 saturated heterocycles. The van der Waals surface area contributed by atoms with Gasteiger partial charge in [-0.15, -0.1) is 0 Å². The predicted molar refractivity (Wildman–Crippen MR) is 111 cm³/mol. The molecule has 0 N–H and O–H groups in total. The van der Waals surface area contributed by atoms with Gasteiger partial charge in [0.05, 0.1) is 7.11 Å². The predicted octanol–water partition coefficient (Wildman–Crippen LogP) is 4.77. The van der Waals surface area contributed by atoms with Crippen molar-refractivity contribution in [1.29, 1.82) is 0 Å². The summed E-state index contributed by atoms with van der Waals surface area (Å²) in [7, 11) is -1.30. The second-order valence-electron chi connectivity index (χ2n) is 7.56. The summed E-state index contributed by atoms with van der Waals surface area (Å²) in [5, 5.41) is 2.00. The van der Waals surface area contributed by atoms with Crippen molar-refractivity contribution in [3.63, 3.8) is 0 Å². The van der Waals surface area contributed by atoms with Gasteiger partial charge < -0.3 is 9.16 Å². The molecule has 3 aromatic carbocycles. The van der Waals surface area contributed by atoms with Crippen LogP contribution in [0.1, 0.15) is 20.8 Å². The van der Waals surface area contributed by atoms with Gasteiger partial charge in [0.15, 0.2) is 5.82 Å². The molecule has 0 aliphatic rings. The molecule has 0 heterocycles. The fourth-order valence-corrected chi connectivity index (χ4v) is 7.93. The SMILES string of the molecule is COc1ccc(O[Si](c2ccccc2)(c2ccccc2)C(C)(C)C)c(F)c1. The number of halogens is 1. The summed E-state index contributed by atoms with van der Waals surface area (Å²) in [5.41, 5.74) is 0. The summed E-state index contributed by atoms with van der Waals surface area (Å²) < 4.78 is 26.6. The molecule has 2 nitrogen and oxygen atoms in total. The van der Waals surface area contributed by atoms with Crippen molar-refractivity contribution in [3.05, 3.63) is 84.7 Å². The van der Waals surface area contributed by atoms with Gasteiger partial charge in [0.1, 0.15) is 11.5 Å². The highest BCUT2D eigenvalue weighted by molar-refractivity contribution is 7.00. The zero-order valence-electron chi connectivity index (χ0n) is 16.2. The summed E-state index contributed by atoms with van der Waals surface area (Å²) in [5.74, 6) is 0.315. The number of rotatable bonds is 5. The van der Waals surface area contributed by atoms with Crippen LogP contribution in [0.5, 0.6) is 11.5 Å². The summed E-state index contributed by atoms with van der Waals surface area (Å²) >= 11 is 0. The van der Waals surface area contributed by atoms with Gasteiger partial charge in [-0.1, -0.05) is 81.4 Å². The maximum absolute atomic E-state index is 14.8. The molecule has 0 spiro atoms. The Hall–Kier alpha value is -2.59. The average Bonchev–Trinajstić information content (AvgIpc) is 2.67. The molecule has 0 atom stereocenters. The van der Waals surface area contributed by atoms with Crippen molar-refractivity contribution >= 4 is 18.7 Å². The maximum atomic E-state index is 14.8. The Kier molecular flexibility index (Phi) is 5.37. The van der Waals surface area contributed by atoms with E-state index < -0.39 is 14.1 Å². The zero-order chi connectivity index (χ0) is 19.5. The first-order valence-electron chi connectivity index (χ1n) is 9.02. The summed E-state index contributed by atoms with van der Waals surface area (Å²) in [6, 6.07) is 25.2. The second kappa shape index (κ2) is 7.57. The molecule has 0 bridgehead atoms. The third kappa shape index (κ3) is 3.62. The molecule has 0 aromatic heterocycles. The van der Waals surface area contributed by atoms with Crippen LogP contribution in [-0.4, -0.2) is 15.4 Å². The van der Waals surface area contributed by atoms with Gasteiger partial charge in [-0.2, -0.15) is 0 Å². The molecule has 0 fully saturated rings. The highest BCUT2D eigenvalue weighted by Gasteiger charge is 2.52. The van der Waals surface area contributed by atoms with Gasteiger partial charge >= 0.3 is 8.32 Å². The Morgan fingerprint density at radius 1 is 0.778 bits per heavy atom. The lowest BCUT2D eigenvalue weighted by molar-refractivity contribution is 0.406. The Morgan fingerprint density at radius 3 is 1.70 bits per heavy atom. The second-order valence-corrected chi connectivity index (χ2v) is 11.8. The largest absolute Gasteiger partial charge is 0.532 e. The highest BCUT2D eigenvalue weighted by Crippen LogP contribution is 2.38. The molecule has 3 rings (SSSR count). The number of ether oxygens (including phenoxy) is 1. The van der Waals surface area contributed by atoms with Gasteiger partial charge in [0.2, 0.25) is 0 Å². The molecule has 0 saturated carbocycles. The minimum atomic E-state index is -2.83. The van der Waals surface area contributed by atoms with Crippen molar-refractivity contribution in [2.75, 3.05) is 7.11 Å². The number of benzene rings is 3. The Labute approximate surface area is 161 Å². The molecule has 0 amide bonds. The van der Waals surface area contributed by atoms with Crippen LogP contribution in [0.2, 0.25) is 5.04 Å². The van der Waals surface area contributed by atoms with Crippen LogP contribution < -0.4 is 19.5 Å². The van der Waals surface area contributed by atoms with E-state index in [1.54, 1.807) is 12.1 Å². The van der Waals surface area contributed by atoms with Crippen LogP contribution in [0.3, 0.4) is 0 Å². The minimum absolute atomic E-state index is 0.220. The third-order valence-electron chi connectivity index (χ3n) is 4.82. The lowest BCUT2D eigenvalue weighted by Crippen LogP contribution is -2.68. The van der Waals surface area contributed by atoms with Gasteiger partial charge in [-0.3, -0.25) is 0 Å². The molecule has 4 heteroatoms. The van der Waals surface area contributed by atoms with Gasteiger partial charge in [0.25, 0.3) is 0 Å². The van der Waals surface area contributed by atoms with Crippen molar-refractivity contribution in [3.8, 4) is 11.5 Å². The molecule has 0 radical (unpaired) electrons. The Bertz CT molecular complexity index is 850. The van der Waals surface area contributed by atoms with Crippen LogP contribution in [0.25, 0.3) is 0 Å². The fourth-order valence-electron chi connectivity index (χ4n) is 3.51. The topological polar surface area (TPSA) is 18.5 Å². The smallest absolute Gasteiger partial charge is 0.320 e. The van der Waals surface area contributed by atoms with Crippen LogP contribution >= 0.6 is 0 Å². The van der Waals surface area contributed by atoms with E-state index in [0.717, 1.165) is 10.4 Å². The standard InChI is InChI=1S/C23H25FO2Si/c1-23(2,3)27(19-11-7-5-8-12-19,20-13-9-6-10-14-20)26-22-16-15-18(25-4)17-21(22)24/h5-17H,1-4H3. The van der Waals surface area contributed by atoms with Crippen LogP contribution in [0, 0.1) is 5.82 Å². The lowest BCUT2D eigenvalue weighted by Gasteiger charge is -2.43. The first-order valence-corrected chi connectivity index (χ1v) is 10.9. The first-order chi connectivity index (χ1) is 12.9. The number of hydrogen-bond acceptors (Lipinski definition) is 2. The molecular weight excluding hydrogens is 355 g/mol. The molecule has 3 aromatic rings. The first kappa shape index (κ1) is 19.2. The van der Waals surface area contributed by atoms with Gasteiger partial charge in [-0.25, -0.2) is 4.39 Å². The van der Waals surface area contributed by atoms with E-state index in [-0.39, 0.29) is 10.8 Å². The number of hydrogen-bond donors (Lipinski definition) is 0. The van der Waals surface area contributed by atoms with Crippen molar-refractivity contribution < 1.29 is 13.6 Å². The molecule has 27 heavy (non-hydrogen) atoms. The Morgan fingerprint density at radius 2 is 1.30 bits per heavy atom. The fraction of sp³-hybridized carbons (Fsp3) is 0.217. The average molecular weight is 381 g/mol. The van der Waals surface area contributed by atoms with Crippen LogP contribution in [-0.2, 0) is 0 Å². The van der Waals surface area contributed by atoms with E-state index in [4.69, 9.17) is 9.16 Å². The van der Waals surface area contributed by atoms with Crippen molar-refractivity contribution in [2.45, 2.75) is 25.8 Å². The minimum Gasteiger partial charge on any atom is -0.532 e. The van der Waals surface area contributed by atoms with E-state index in [1.807, 2.05) is 36.4 Å². The van der Waals surface area contributed by atoms with Crippen molar-refractivity contribution in [2.24, 2.45) is 0 Å². The summed E-state index contributed by atoms with van der Waals surface area (Å²) in [4.78, 5) is 0. The third-order valence-corrected chi connectivity index (χ3v) is 9.75. The van der Waals surface area contributed by atoms with E-state index in [0.29, 0.717) is 5.75 Å². The van der Waals surface area contributed by atoms with E-state index in [1.165, 1.54) is 13.2 Å². The number of methoxy groups -OCH3 is 1. The molecule has 0 aliphatic heterocycles. The zero-order valence-corrected chi connectivity index (χ0v) is 17.2. The van der Waals surface area contributed by atoms with E-state index >= 15 is 0 Å². The summed E-state index contributed by atoms with van der Waals surface area (Å²) in [6.07, 6.45) is 0. The lowest BCUT2D eigenvalue weighted by atomic mass is 10.2. The highest BCUT2D eigenvalue weighted by atomic mass is 28.4. The van der Waals surface area contributed by atoms with Crippen LogP contribution in [0.15, 0.2) is 78.9 Å². The van der Waals surface area contributed by atoms with Crippen LogP contribution in [0.4, 0.5) is 4.39 Å². The Balaban J connectivity index is 2.24. The van der Waals surface area contributed by atoms with Crippen molar-refractivity contribution in [1.82, 2.24) is 0 Å². The summed E-state index contributed by atoms with van der Waals surface area (Å²) in [6.45, 7) is 6.50. The maximum Gasteiger partial charge on any atom is 0.320 e. The van der Waals surface area contributed by atoms with E-state index in [9.17, 15) is 4.39 Å². The normalized spacial score (nSPS) is 11.9. The molecular formula is C23H25FO2Si. The molecule has 0 unspecified atom stereocenters. The van der Waals surface area contributed by atoms with Gasteiger partial charge in [-0.05, 0) is 27.5 Å².